The Morgan fingerprint density at radius 3 is 2.53 bits per heavy atom. The van der Waals surface area contributed by atoms with Crippen molar-refractivity contribution in [1.29, 1.82) is 0 Å². The SMILES string of the molecule is Cc1ccc(-c2noc(C(C)N3CCN(CC(O)COc4ccccc4Cl)CC3)n2)cc1. The van der Waals surface area contributed by atoms with E-state index in [9.17, 15) is 5.11 Å². The number of hydrogen-bond donors (Lipinski definition) is 1. The molecule has 1 aliphatic heterocycles. The number of hydrogen-bond acceptors (Lipinski definition) is 7. The second-order valence-corrected chi connectivity index (χ2v) is 8.64. The lowest BCUT2D eigenvalue weighted by atomic mass is 10.1. The molecule has 0 aliphatic carbocycles. The predicted octanol–water partition coefficient (Wildman–Crippen LogP) is 3.82. The van der Waals surface area contributed by atoms with Crippen LogP contribution in [0.15, 0.2) is 53.1 Å². The highest BCUT2D eigenvalue weighted by Crippen LogP contribution is 2.25. The van der Waals surface area contributed by atoms with Crippen LogP contribution in [0.2, 0.25) is 5.02 Å². The quantitative estimate of drug-likeness (QED) is 0.552. The molecule has 170 valence electrons. The zero-order chi connectivity index (χ0) is 22.5. The van der Waals surface area contributed by atoms with Crippen molar-refractivity contribution in [3.63, 3.8) is 0 Å². The minimum atomic E-state index is -0.580. The fourth-order valence-electron chi connectivity index (χ4n) is 3.81. The van der Waals surface area contributed by atoms with Gasteiger partial charge in [-0.1, -0.05) is 58.7 Å². The zero-order valence-corrected chi connectivity index (χ0v) is 19.2. The van der Waals surface area contributed by atoms with E-state index in [1.54, 1.807) is 12.1 Å². The molecule has 0 radical (unpaired) electrons. The summed E-state index contributed by atoms with van der Waals surface area (Å²) in [6.07, 6.45) is -0.580. The van der Waals surface area contributed by atoms with E-state index in [4.69, 9.17) is 20.9 Å². The molecule has 2 atom stereocenters. The molecule has 32 heavy (non-hydrogen) atoms. The third kappa shape index (κ3) is 5.66. The second kappa shape index (κ2) is 10.4. The van der Waals surface area contributed by atoms with Crippen LogP contribution >= 0.6 is 11.6 Å². The molecule has 1 aliphatic rings. The van der Waals surface area contributed by atoms with Gasteiger partial charge in [-0.25, -0.2) is 0 Å². The normalized spacial score (nSPS) is 17.2. The summed E-state index contributed by atoms with van der Waals surface area (Å²) in [6, 6.07) is 15.4. The zero-order valence-electron chi connectivity index (χ0n) is 18.4. The van der Waals surface area contributed by atoms with Gasteiger partial charge in [0.1, 0.15) is 18.5 Å². The Morgan fingerprint density at radius 2 is 1.81 bits per heavy atom. The summed E-state index contributed by atoms with van der Waals surface area (Å²) in [6.45, 7) is 8.35. The van der Waals surface area contributed by atoms with Crippen LogP contribution in [0, 0.1) is 6.92 Å². The summed E-state index contributed by atoms with van der Waals surface area (Å²) in [4.78, 5) is 9.19. The van der Waals surface area contributed by atoms with E-state index in [-0.39, 0.29) is 12.6 Å². The van der Waals surface area contributed by atoms with Gasteiger partial charge in [-0.2, -0.15) is 4.98 Å². The van der Waals surface area contributed by atoms with Gasteiger partial charge in [-0.3, -0.25) is 9.80 Å². The number of aromatic nitrogens is 2. The molecule has 7 nitrogen and oxygen atoms in total. The van der Waals surface area contributed by atoms with Gasteiger partial charge >= 0.3 is 0 Å². The van der Waals surface area contributed by atoms with Crippen LogP contribution in [0.1, 0.15) is 24.4 Å². The molecule has 0 spiro atoms. The van der Waals surface area contributed by atoms with Crippen LogP contribution in [-0.4, -0.2) is 70.5 Å². The first-order chi connectivity index (χ1) is 15.5. The summed E-state index contributed by atoms with van der Waals surface area (Å²) in [5, 5.41) is 15.1. The first-order valence-electron chi connectivity index (χ1n) is 10.9. The summed E-state index contributed by atoms with van der Waals surface area (Å²) in [5.74, 6) is 1.84. The molecule has 1 fully saturated rings. The van der Waals surface area contributed by atoms with Crippen molar-refractivity contribution in [3.8, 4) is 17.1 Å². The number of benzene rings is 2. The maximum absolute atomic E-state index is 10.4. The summed E-state index contributed by atoms with van der Waals surface area (Å²) < 4.78 is 11.2. The lowest BCUT2D eigenvalue weighted by Crippen LogP contribution is -2.49. The van der Waals surface area contributed by atoms with Crippen molar-refractivity contribution in [2.24, 2.45) is 0 Å². The van der Waals surface area contributed by atoms with Gasteiger partial charge in [0.15, 0.2) is 0 Å². The van der Waals surface area contributed by atoms with Gasteiger partial charge in [0.05, 0.1) is 11.1 Å². The van der Waals surface area contributed by atoms with E-state index >= 15 is 0 Å². The topological polar surface area (TPSA) is 74.9 Å². The third-order valence-electron chi connectivity index (χ3n) is 5.80. The van der Waals surface area contributed by atoms with Gasteiger partial charge in [0.2, 0.25) is 11.7 Å². The number of rotatable bonds is 8. The molecule has 1 saturated heterocycles. The molecule has 3 aromatic rings. The van der Waals surface area contributed by atoms with Crippen molar-refractivity contribution in [3.05, 3.63) is 65.0 Å². The van der Waals surface area contributed by atoms with E-state index in [0.29, 0.717) is 29.0 Å². The fourth-order valence-corrected chi connectivity index (χ4v) is 4.00. The van der Waals surface area contributed by atoms with Crippen molar-refractivity contribution < 1.29 is 14.4 Å². The first-order valence-corrected chi connectivity index (χ1v) is 11.3. The average Bonchev–Trinajstić information content (AvgIpc) is 3.29. The molecule has 8 heteroatoms. The molecule has 1 N–H and O–H groups in total. The molecule has 2 unspecified atom stereocenters. The molecule has 1 aromatic heterocycles. The maximum atomic E-state index is 10.4. The fraction of sp³-hybridized carbons (Fsp3) is 0.417. The summed E-state index contributed by atoms with van der Waals surface area (Å²) in [5.41, 5.74) is 2.15. The van der Waals surface area contributed by atoms with Crippen LogP contribution in [0.3, 0.4) is 0 Å². The number of piperazine rings is 1. The highest BCUT2D eigenvalue weighted by Gasteiger charge is 2.27. The number of aliphatic hydroxyl groups is 1. The molecule has 4 rings (SSSR count). The number of aryl methyl sites for hydroxylation is 1. The molecule has 0 saturated carbocycles. The Hall–Kier alpha value is -2.45. The van der Waals surface area contributed by atoms with Crippen LogP contribution in [0.25, 0.3) is 11.4 Å². The number of aliphatic hydroxyl groups excluding tert-OH is 1. The highest BCUT2D eigenvalue weighted by atomic mass is 35.5. The number of ether oxygens (including phenoxy) is 1. The van der Waals surface area contributed by atoms with Crippen LogP contribution < -0.4 is 4.74 Å². The Morgan fingerprint density at radius 1 is 1.09 bits per heavy atom. The van der Waals surface area contributed by atoms with Gasteiger partial charge in [0, 0.05) is 38.3 Å². The van der Waals surface area contributed by atoms with E-state index < -0.39 is 6.10 Å². The van der Waals surface area contributed by atoms with Gasteiger partial charge < -0.3 is 14.4 Å². The standard InChI is InChI=1S/C24H29ClN4O3/c1-17-7-9-19(10-8-17)23-26-24(32-27-23)18(2)29-13-11-28(12-14-29)15-20(30)16-31-22-6-4-3-5-21(22)25/h3-10,18,20,30H,11-16H2,1-2H3. The predicted molar refractivity (Wildman–Crippen MR) is 124 cm³/mol. The van der Waals surface area contributed by atoms with Crippen molar-refractivity contribution in [2.75, 3.05) is 39.3 Å². The third-order valence-corrected chi connectivity index (χ3v) is 6.11. The lowest BCUT2D eigenvalue weighted by molar-refractivity contribution is 0.0343. The molecule has 0 bridgehead atoms. The van der Waals surface area contributed by atoms with Crippen LogP contribution in [-0.2, 0) is 0 Å². The minimum Gasteiger partial charge on any atom is -0.489 e. The van der Waals surface area contributed by atoms with Gasteiger partial charge in [-0.05, 0) is 26.0 Å². The minimum absolute atomic E-state index is 0.0392. The molecule has 2 heterocycles. The largest absolute Gasteiger partial charge is 0.489 e. The van der Waals surface area contributed by atoms with Gasteiger partial charge in [-0.15, -0.1) is 0 Å². The number of halogens is 1. The maximum Gasteiger partial charge on any atom is 0.244 e. The van der Waals surface area contributed by atoms with Crippen molar-refractivity contribution in [2.45, 2.75) is 26.0 Å². The summed E-state index contributed by atoms with van der Waals surface area (Å²) >= 11 is 6.10. The molecular weight excluding hydrogens is 428 g/mol. The molecule has 2 aromatic carbocycles. The first kappa shape index (κ1) is 22.7. The Balaban J connectivity index is 1.24. The number of nitrogens with zero attached hydrogens (tertiary/aromatic N) is 4. The van der Waals surface area contributed by atoms with Crippen molar-refractivity contribution >= 4 is 11.6 Å². The van der Waals surface area contributed by atoms with Gasteiger partial charge in [0.25, 0.3) is 0 Å². The number of β-amino-alcohol motifs (C(OH)–C–C–N with tert-alkyl or cyclic N) is 1. The average molecular weight is 457 g/mol. The summed E-state index contributed by atoms with van der Waals surface area (Å²) in [7, 11) is 0. The molecular formula is C24H29ClN4O3. The Bertz CT molecular complexity index is 1000. The molecule has 0 amide bonds. The van der Waals surface area contributed by atoms with Crippen molar-refractivity contribution in [1.82, 2.24) is 19.9 Å². The second-order valence-electron chi connectivity index (χ2n) is 8.23. The van der Waals surface area contributed by atoms with E-state index in [2.05, 4.69) is 33.8 Å². The van der Waals surface area contributed by atoms with E-state index in [0.717, 1.165) is 31.7 Å². The smallest absolute Gasteiger partial charge is 0.244 e. The monoisotopic (exact) mass is 456 g/mol. The highest BCUT2D eigenvalue weighted by molar-refractivity contribution is 6.32. The lowest BCUT2D eigenvalue weighted by Gasteiger charge is -2.37. The van der Waals surface area contributed by atoms with E-state index in [1.165, 1.54) is 5.56 Å². The van der Waals surface area contributed by atoms with Crippen LogP contribution in [0.4, 0.5) is 0 Å². The number of para-hydroxylation sites is 1. The Labute approximate surface area is 193 Å². The Kier molecular flexibility index (Phi) is 7.42. The van der Waals surface area contributed by atoms with Crippen LogP contribution in [0.5, 0.6) is 5.75 Å². The van der Waals surface area contributed by atoms with E-state index in [1.807, 2.05) is 36.4 Å².